The fourth-order valence-corrected chi connectivity index (χ4v) is 3.58. The summed E-state index contributed by atoms with van der Waals surface area (Å²) in [5.74, 6) is 0.520. The highest BCUT2D eigenvalue weighted by atomic mass is 79.9. The number of hydrogen-bond donors (Lipinski definition) is 0. The van der Waals surface area contributed by atoms with Crippen molar-refractivity contribution in [2.24, 2.45) is 7.05 Å². The summed E-state index contributed by atoms with van der Waals surface area (Å²) in [5.41, 5.74) is 1.23. The number of nitrogens with zero attached hydrogens (tertiary/aromatic N) is 4. The molecule has 4 rings (SSSR count). The number of benzene rings is 1. The molecule has 1 fully saturated rings. The van der Waals surface area contributed by atoms with E-state index in [2.05, 4.69) is 37.8 Å². The highest BCUT2D eigenvalue weighted by molar-refractivity contribution is 9.10. The Bertz CT molecular complexity index is 944. The van der Waals surface area contributed by atoms with Gasteiger partial charge >= 0.3 is 0 Å². The highest BCUT2D eigenvalue weighted by Gasteiger charge is 2.35. The Balaban J connectivity index is 1.67. The second-order valence-corrected chi connectivity index (χ2v) is 7.39. The largest absolute Gasteiger partial charge is 0.367 e. The van der Waals surface area contributed by atoms with Crippen LogP contribution in [0.15, 0.2) is 41.1 Å². The van der Waals surface area contributed by atoms with Gasteiger partial charge in [0, 0.05) is 36.8 Å². The van der Waals surface area contributed by atoms with E-state index in [-0.39, 0.29) is 5.82 Å². The van der Waals surface area contributed by atoms with Crippen LogP contribution >= 0.6 is 15.9 Å². The fourth-order valence-electron chi connectivity index (χ4n) is 3.22. The zero-order valence-corrected chi connectivity index (χ0v) is 15.6. The van der Waals surface area contributed by atoms with E-state index in [1.165, 1.54) is 6.07 Å². The Morgan fingerprint density at radius 2 is 2.16 bits per heavy atom. The maximum atomic E-state index is 13.8. The lowest BCUT2D eigenvalue weighted by Gasteiger charge is -2.40. The minimum Gasteiger partial charge on any atom is -0.367 e. The third-order valence-electron chi connectivity index (χ3n) is 4.63. The molecule has 1 saturated heterocycles. The Labute approximate surface area is 153 Å². The predicted molar refractivity (Wildman–Crippen MR) is 98.1 cm³/mol. The van der Waals surface area contributed by atoms with Crippen molar-refractivity contribution in [2.75, 3.05) is 24.6 Å². The summed E-state index contributed by atoms with van der Waals surface area (Å²) >= 11 is 3.22. The van der Waals surface area contributed by atoms with E-state index in [1.54, 1.807) is 10.7 Å². The molecule has 1 aliphatic rings. The maximum absolute atomic E-state index is 13.8. The van der Waals surface area contributed by atoms with Crippen LogP contribution in [0.3, 0.4) is 0 Å². The summed E-state index contributed by atoms with van der Waals surface area (Å²) in [6.07, 6.45) is 3.81. The van der Waals surface area contributed by atoms with E-state index < -0.39 is 5.60 Å². The number of anilines is 1. The van der Waals surface area contributed by atoms with Crippen molar-refractivity contribution in [3.8, 4) is 0 Å². The van der Waals surface area contributed by atoms with Crippen molar-refractivity contribution in [3.05, 3.63) is 52.5 Å². The molecular weight excluding hydrogens is 387 g/mol. The topological polar surface area (TPSA) is 43.2 Å². The van der Waals surface area contributed by atoms with Gasteiger partial charge in [0.05, 0.1) is 29.3 Å². The van der Waals surface area contributed by atoms with E-state index >= 15 is 0 Å². The molecule has 25 heavy (non-hydrogen) atoms. The highest BCUT2D eigenvalue weighted by Crippen LogP contribution is 2.32. The number of morpholine rings is 1. The molecule has 7 heteroatoms. The van der Waals surface area contributed by atoms with Crippen molar-refractivity contribution >= 4 is 32.7 Å². The number of halogens is 2. The lowest BCUT2D eigenvalue weighted by Crippen LogP contribution is -2.48. The second-order valence-electron chi connectivity index (χ2n) is 6.53. The van der Waals surface area contributed by atoms with Crippen molar-refractivity contribution in [1.29, 1.82) is 0 Å². The average Bonchev–Trinajstić information content (AvgIpc) is 3.03. The molecule has 3 heterocycles. The molecular formula is C18H18BrFN4O. The Hall–Kier alpha value is -1.99. The average molecular weight is 405 g/mol. The van der Waals surface area contributed by atoms with Crippen molar-refractivity contribution in [1.82, 2.24) is 14.8 Å². The number of aromatic nitrogens is 3. The molecule has 2 aromatic heterocycles. The van der Waals surface area contributed by atoms with Crippen LogP contribution in [0.4, 0.5) is 10.2 Å². The van der Waals surface area contributed by atoms with E-state index in [1.807, 2.05) is 31.6 Å². The van der Waals surface area contributed by atoms with E-state index in [0.29, 0.717) is 23.1 Å². The fraction of sp³-hybridized carbons (Fsp3) is 0.333. The lowest BCUT2D eigenvalue weighted by molar-refractivity contribution is -0.0468. The zero-order valence-electron chi connectivity index (χ0n) is 14.0. The SMILES string of the molecule is Cn1cc(C2(C)CN(c3ccc4cc(Br)c(F)cc4n3)CCO2)cn1. The molecule has 0 amide bonds. The molecule has 1 unspecified atom stereocenters. The van der Waals surface area contributed by atoms with Gasteiger partial charge in [-0.1, -0.05) is 0 Å². The molecule has 3 aromatic rings. The molecule has 0 saturated carbocycles. The summed E-state index contributed by atoms with van der Waals surface area (Å²) in [7, 11) is 1.89. The van der Waals surface area contributed by atoms with Gasteiger partial charge in [-0.2, -0.15) is 5.10 Å². The third kappa shape index (κ3) is 3.02. The molecule has 5 nitrogen and oxygen atoms in total. The first-order valence-corrected chi connectivity index (χ1v) is 8.88. The van der Waals surface area contributed by atoms with Gasteiger partial charge in [-0.25, -0.2) is 9.37 Å². The Morgan fingerprint density at radius 1 is 1.32 bits per heavy atom. The van der Waals surface area contributed by atoms with Gasteiger partial charge in [0.25, 0.3) is 0 Å². The van der Waals surface area contributed by atoms with Crippen molar-refractivity contribution < 1.29 is 9.13 Å². The van der Waals surface area contributed by atoms with Gasteiger partial charge in [0.15, 0.2) is 0 Å². The van der Waals surface area contributed by atoms with E-state index in [9.17, 15) is 4.39 Å². The lowest BCUT2D eigenvalue weighted by atomic mass is 9.97. The first-order chi connectivity index (χ1) is 11.9. The van der Waals surface area contributed by atoms with Gasteiger partial charge in [0.1, 0.15) is 17.2 Å². The number of hydrogen-bond acceptors (Lipinski definition) is 4. The molecule has 130 valence electrons. The van der Waals surface area contributed by atoms with Gasteiger partial charge < -0.3 is 9.64 Å². The van der Waals surface area contributed by atoms with Crippen molar-refractivity contribution in [2.45, 2.75) is 12.5 Å². The first-order valence-electron chi connectivity index (χ1n) is 8.08. The van der Waals surface area contributed by atoms with E-state index in [0.717, 1.165) is 23.3 Å². The van der Waals surface area contributed by atoms with Crippen molar-refractivity contribution in [3.63, 3.8) is 0 Å². The summed E-state index contributed by atoms with van der Waals surface area (Å²) in [4.78, 5) is 6.83. The van der Waals surface area contributed by atoms with Crippen LogP contribution in [0, 0.1) is 5.82 Å². The number of ether oxygens (including phenoxy) is 1. The van der Waals surface area contributed by atoms with Crippen LogP contribution < -0.4 is 4.90 Å². The van der Waals surface area contributed by atoms with Gasteiger partial charge in [-0.15, -0.1) is 0 Å². The van der Waals surface area contributed by atoms with Gasteiger partial charge in [-0.05, 0) is 41.1 Å². The normalized spacial score (nSPS) is 21.0. The van der Waals surface area contributed by atoms with Crippen LogP contribution in [0.2, 0.25) is 0 Å². The Kier molecular flexibility index (Phi) is 4.00. The molecule has 0 spiro atoms. The number of pyridine rings is 1. The molecule has 0 aliphatic carbocycles. The number of fused-ring (bicyclic) bond motifs is 1. The predicted octanol–water partition coefficient (Wildman–Crippen LogP) is 3.62. The molecule has 1 aromatic carbocycles. The quantitative estimate of drug-likeness (QED) is 0.653. The van der Waals surface area contributed by atoms with Gasteiger partial charge in [0.2, 0.25) is 0 Å². The summed E-state index contributed by atoms with van der Waals surface area (Å²) in [5, 5.41) is 5.15. The van der Waals surface area contributed by atoms with Crippen LogP contribution in [-0.2, 0) is 17.4 Å². The molecule has 1 atom stereocenters. The standard InChI is InChI=1S/C18H18BrFN4O/c1-18(13-9-21-23(2)10-13)11-24(5-6-25-18)17-4-3-12-7-14(19)15(20)8-16(12)22-17/h3-4,7-10H,5-6,11H2,1-2H3. The maximum Gasteiger partial charge on any atom is 0.139 e. The van der Waals surface area contributed by atoms with Gasteiger partial charge in [-0.3, -0.25) is 4.68 Å². The molecule has 1 aliphatic heterocycles. The molecule has 0 bridgehead atoms. The number of aryl methyl sites for hydroxylation is 1. The summed E-state index contributed by atoms with van der Waals surface area (Å²) < 4.78 is 22.1. The second kappa shape index (κ2) is 6.07. The third-order valence-corrected chi connectivity index (χ3v) is 5.24. The van der Waals surface area contributed by atoms with Crippen LogP contribution in [0.1, 0.15) is 12.5 Å². The minimum absolute atomic E-state index is 0.306. The monoisotopic (exact) mass is 404 g/mol. The molecule has 0 radical (unpaired) electrons. The van der Waals surface area contributed by atoms with Crippen LogP contribution in [-0.4, -0.2) is 34.5 Å². The Morgan fingerprint density at radius 3 is 2.92 bits per heavy atom. The van der Waals surface area contributed by atoms with Crippen LogP contribution in [0.25, 0.3) is 10.9 Å². The zero-order chi connectivity index (χ0) is 17.6. The van der Waals surface area contributed by atoms with E-state index in [4.69, 9.17) is 4.74 Å². The number of rotatable bonds is 2. The summed E-state index contributed by atoms with van der Waals surface area (Å²) in [6, 6.07) is 7.16. The molecule has 0 N–H and O–H groups in total. The smallest absolute Gasteiger partial charge is 0.139 e. The first kappa shape index (κ1) is 16.5. The summed E-state index contributed by atoms with van der Waals surface area (Å²) in [6.45, 7) is 4.07. The van der Waals surface area contributed by atoms with Crippen LogP contribution in [0.5, 0.6) is 0 Å². The minimum atomic E-state index is -0.450.